The Bertz CT molecular complexity index is 1000. The van der Waals surface area contributed by atoms with Gasteiger partial charge >= 0.3 is 0 Å². The number of nitrogens with zero attached hydrogens (tertiary/aromatic N) is 3. The molecule has 0 radical (unpaired) electrons. The lowest BCUT2D eigenvalue weighted by molar-refractivity contribution is 0.984. The van der Waals surface area contributed by atoms with E-state index in [9.17, 15) is 0 Å². The molecule has 2 aromatic carbocycles. The molecule has 0 atom stereocenters. The van der Waals surface area contributed by atoms with Crippen molar-refractivity contribution in [3.05, 3.63) is 53.6 Å². The highest BCUT2D eigenvalue weighted by Crippen LogP contribution is 2.23. The van der Waals surface area contributed by atoms with Crippen LogP contribution in [0.1, 0.15) is 11.1 Å². The van der Waals surface area contributed by atoms with Gasteiger partial charge in [-0.25, -0.2) is 0 Å². The molecule has 4 rings (SSSR count). The number of rotatable bonds is 3. The van der Waals surface area contributed by atoms with Crippen molar-refractivity contribution in [2.45, 2.75) is 13.5 Å². The molecule has 0 saturated carbocycles. The molecule has 4 N–H and O–H groups in total. The average molecular weight is 304 g/mol. The van der Waals surface area contributed by atoms with Gasteiger partial charge in [-0.05, 0) is 30.7 Å². The monoisotopic (exact) mass is 304 g/mol. The number of aromatic amines is 1. The zero-order chi connectivity index (χ0) is 15.8. The van der Waals surface area contributed by atoms with E-state index in [1.807, 2.05) is 30.3 Å². The van der Waals surface area contributed by atoms with Crippen LogP contribution in [0.2, 0.25) is 0 Å². The van der Waals surface area contributed by atoms with Gasteiger partial charge in [-0.1, -0.05) is 29.8 Å². The maximum absolute atomic E-state index is 5.94. The Hall–Kier alpha value is -3.15. The summed E-state index contributed by atoms with van der Waals surface area (Å²) in [4.78, 5) is 7.78. The zero-order valence-corrected chi connectivity index (χ0v) is 12.7. The number of H-pyrrole nitrogens is 1. The number of nitrogen functional groups attached to an aromatic ring is 1. The lowest BCUT2D eigenvalue weighted by atomic mass is 10.2. The van der Waals surface area contributed by atoms with Crippen molar-refractivity contribution < 1.29 is 0 Å². The fraction of sp³-hybridized carbons (Fsp3) is 0.118. The van der Waals surface area contributed by atoms with Gasteiger partial charge in [0.15, 0.2) is 5.65 Å². The number of fused-ring (bicyclic) bond motifs is 3. The van der Waals surface area contributed by atoms with Crippen LogP contribution in [0.15, 0.2) is 42.5 Å². The van der Waals surface area contributed by atoms with Gasteiger partial charge in [0.25, 0.3) is 0 Å². The summed E-state index contributed by atoms with van der Waals surface area (Å²) < 4.78 is 0. The Morgan fingerprint density at radius 2 is 2.00 bits per heavy atom. The fourth-order valence-electron chi connectivity index (χ4n) is 2.63. The molecule has 0 aliphatic rings. The topological polar surface area (TPSA) is 92.5 Å². The Morgan fingerprint density at radius 3 is 2.87 bits per heavy atom. The summed E-state index contributed by atoms with van der Waals surface area (Å²) in [5.74, 6) is 0.476. The van der Waals surface area contributed by atoms with Gasteiger partial charge in [-0.15, -0.1) is 10.2 Å². The van der Waals surface area contributed by atoms with E-state index >= 15 is 0 Å². The van der Waals surface area contributed by atoms with E-state index in [0.29, 0.717) is 12.5 Å². The molecule has 0 bridgehead atoms. The van der Waals surface area contributed by atoms with Crippen molar-refractivity contribution >= 4 is 33.7 Å². The standard InChI is InChI=1S/C17H16N6/c1-10-6-7-14-12(8-10)15-16(20-14)21-17(23-22-15)19-9-11-4-2-3-5-13(11)18/h2-8H,9,18H2,1H3,(H2,19,20,21,23). The molecule has 0 amide bonds. The van der Waals surface area contributed by atoms with Crippen LogP contribution in [0.5, 0.6) is 0 Å². The smallest absolute Gasteiger partial charge is 0.245 e. The number of hydrogen-bond acceptors (Lipinski definition) is 5. The molecule has 6 nitrogen and oxygen atoms in total. The SMILES string of the molecule is Cc1ccc2[nH]c3nc(NCc4ccccc4N)nnc3c2c1. The quantitative estimate of drug-likeness (QED) is 0.506. The summed E-state index contributed by atoms with van der Waals surface area (Å²) >= 11 is 0. The number of nitrogens with two attached hydrogens (primary N) is 1. The summed E-state index contributed by atoms with van der Waals surface area (Å²) in [7, 11) is 0. The van der Waals surface area contributed by atoms with Crippen molar-refractivity contribution in [2.24, 2.45) is 0 Å². The molecular weight excluding hydrogens is 288 g/mol. The molecule has 0 spiro atoms. The van der Waals surface area contributed by atoms with Crippen LogP contribution in [0.25, 0.3) is 22.1 Å². The molecule has 0 fully saturated rings. The molecule has 2 aromatic heterocycles. The number of para-hydroxylation sites is 1. The summed E-state index contributed by atoms with van der Waals surface area (Å²) in [5, 5.41) is 12.7. The first-order chi connectivity index (χ1) is 11.2. The van der Waals surface area contributed by atoms with Gasteiger partial charge in [0, 0.05) is 23.1 Å². The van der Waals surface area contributed by atoms with Gasteiger partial charge in [-0.2, -0.15) is 4.98 Å². The summed E-state index contributed by atoms with van der Waals surface area (Å²) in [6.45, 7) is 2.61. The highest BCUT2D eigenvalue weighted by Gasteiger charge is 2.09. The van der Waals surface area contributed by atoms with Gasteiger partial charge in [0.05, 0.1) is 0 Å². The maximum Gasteiger partial charge on any atom is 0.245 e. The van der Waals surface area contributed by atoms with Crippen LogP contribution >= 0.6 is 0 Å². The molecule has 2 heterocycles. The third-order valence-corrected chi connectivity index (χ3v) is 3.86. The van der Waals surface area contributed by atoms with Crippen molar-refractivity contribution in [3.8, 4) is 0 Å². The summed E-state index contributed by atoms with van der Waals surface area (Å²) in [6.07, 6.45) is 0. The first kappa shape index (κ1) is 13.5. The Kier molecular flexibility index (Phi) is 3.08. The number of aryl methyl sites for hydroxylation is 1. The van der Waals surface area contributed by atoms with E-state index < -0.39 is 0 Å². The predicted molar refractivity (Wildman–Crippen MR) is 92.1 cm³/mol. The summed E-state index contributed by atoms with van der Waals surface area (Å²) in [5.41, 5.74) is 11.4. The van der Waals surface area contributed by atoms with Gasteiger partial charge in [-0.3, -0.25) is 0 Å². The van der Waals surface area contributed by atoms with Crippen LogP contribution in [0, 0.1) is 6.92 Å². The number of anilines is 2. The van der Waals surface area contributed by atoms with Crippen LogP contribution in [0.3, 0.4) is 0 Å². The van der Waals surface area contributed by atoms with Crippen LogP contribution in [0.4, 0.5) is 11.6 Å². The largest absolute Gasteiger partial charge is 0.398 e. The number of benzene rings is 2. The molecule has 0 saturated heterocycles. The fourth-order valence-corrected chi connectivity index (χ4v) is 2.63. The Labute approximate surface area is 132 Å². The van der Waals surface area contributed by atoms with Crippen LogP contribution in [-0.4, -0.2) is 20.2 Å². The third-order valence-electron chi connectivity index (χ3n) is 3.86. The number of aromatic nitrogens is 4. The van der Waals surface area contributed by atoms with E-state index in [4.69, 9.17) is 5.73 Å². The number of hydrogen-bond donors (Lipinski definition) is 3. The minimum absolute atomic E-state index is 0.476. The van der Waals surface area contributed by atoms with E-state index in [1.54, 1.807) is 0 Å². The van der Waals surface area contributed by atoms with E-state index in [1.165, 1.54) is 5.56 Å². The first-order valence-electron chi connectivity index (χ1n) is 7.41. The van der Waals surface area contributed by atoms with Gasteiger partial charge in [0.1, 0.15) is 5.52 Å². The average Bonchev–Trinajstić information content (AvgIpc) is 2.91. The molecule has 0 aliphatic heterocycles. The molecule has 23 heavy (non-hydrogen) atoms. The Morgan fingerprint density at radius 1 is 1.13 bits per heavy atom. The van der Waals surface area contributed by atoms with E-state index in [-0.39, 0.29) is 0 Å². The van der Waals surface area contributed by atoms with Gasteiger partial charge < -0.3 is 16.0 Å². The second kappa shape index (κ2) is 5.24. The minimum atomic E-state index is 0.476. The molecule has 6 heteroatoms. The normalized spacial score (nSPS) is 11.2. The Balaban J connectivity index is 1.66. The maximum atomic E-state index is 5.94. The van der Waals surface area contributed by atoms with Crippen molar-refractivity contribution in [1.82, 2.24) is 20.2 Å². The minimum Gasteiger partial charge on any atom is -0.398 e. The molecule has 4 aromatic rings. The zero-order valence-electron chi connectivity index (χ0n) is 12.7. The highest BCUT2D eigenvalue weighted by atomic mass is 15.2. The van der Waals surface area contributed by atoms with E-state index in [2.05, 4.69) is 44.5 Å². The predicted octanol–water partition coefficient (Wildman–Crippen LogP) is 3.01. The number of nitrogens with one attached hydrogen (secondary N) is 2. The van der Waals surface area contributed by atoms with Crippen molar-refractivity contribution in [1.29, 1.82) is 0 Å². The molecular formula is C17H16N6. The van der Waals surface area contributed by atoms with E-state index in [0.717, 1.165) is 33.3 Å². The van der Waals surface area contributed by atoms with Crippen LogP contribution < -0.4 is 11.1 Å². The molecule has 0 aliphatic carbocycles. The summed E-state index contributed by atoms with van der Waals surface area (Å²) in [6, 6.07) is 13.9. The molecule has 114 valence electrons. The first-order valence-corrected chi connectivity index (χ1v) is 7.41. The van der Waals surface area contributed by atoms with Gasteiger partial charge in [0.2, 0.25) is 5.95 Å². The molecule has 0 unspecified atom stereocenters. The highest BCUT2D eigenvalue weighted by molar-refractivity contribution is 6.03. The lowest BCUT2D eigenvalue weighted by Crippen LogP contribution is -2.06. The van der Waals surface area contributed by atoms with Crippen molar-refractivity contribution in [2.75, 3.05) is 11.1 Å². The second-order valence-electron chi connectivity index (χ2n) is 5.56. The van der Waals surface area contributed by atoms with Crippen molar-refractivity contribution in [3.63, 3.8) is 0 Å². The third kappa shape index (κ3) is 2.44. The van der Waals surface area contributed by atoms with Crippen LogP contribution in [-0.2, 0) is 6.54 Å². The second-order valence-corrected chi connectivity index (χ2v) is 5.56. The lowest BCUT2D eigenvalue weighted by Gasteiger charge is -2.06.